The number of aliphatic hydroxyl groups is 1. The summed E-state index contributed by atoms with van der Waals surface area (Å²) in [4.78, 5) is 26.5. The van der Waals surface area contributed by atoms with E-state index in [9.17, 15) is 14.3 Å². The molecular weight excluding hydrogens is 533 g/mol. The van der Waals surface area contributed by atoms with E-state index in [1.54, 1.807) is 49.7 Å². The highest BCUT2D eigenvalue weighted by Gasteiger charge is 2.24. The Balaban J connectivity index is 1.15. The molecule has 1 aliphatic rings. The van der Waals surface area contributed by atoms with Crippen LogP contribution in [0.5, 0.6) is 5.75 Å². The Hall–Kier alpha value is -4.43. The molecule has 41 heavy (non-hydrogen) atoms. The quantitative estimate of drug-likeness (QED) is 0.285. The van der Waals surface area contributed by atoms with Crippen molar-refractivity contribution in [3.05, 3.63) is 52.9 Å². The van der Waals surface area contributed by atoms with E-state index in [-0.39, 0.29) is 24.1 Å². The van der Waals surface area contributed by atoms with E-state index in [0.717, 1.165) is 0 Å². The second kappa shape index (κ2) is 10.2. The van der Waals surface area contributed by atoms with Crippen LogP contribution in [0.1, 0.15) is 13.8 Å². The van der Waals surface area contributed by atoms with Crippen LogP contribution in [0.3, 0.4) is 0 Å². The molecule has 4 aromatic heterocycles. The minimum absolute atomic E-state index is 0.0716. The highest BCUT2D eigenvalue weighted by Crippen LogP contribution is 2.26. The largest absolute Gasteiger partial charge is 0.491 e. The average molecular weight is 566 g/mol. The number of hydrogen-bond donors (Lipinski definition) is 2. The normalized spacial score (nSPS) is 14.9. The van der Waals surface area contributed by atoms with Gasteiger partial charge in [0.15, 0.2) is 17.1 Å². The molecule has 14 heteroatoms. The number of nitrogens with two attached hydrogens (primary N) is 1. The van der Waals surface area contributed by atoms with Gasteiger partial charge in [0.2, 0.25) is 11.8 Å². The molecule has 0 saturated carbocycles. The number of aromatic nitrogens is 6. The number of hydrogen-bond acceptors (Lipinski definition) is 10. The van der Waals surface area contributed by atoms with Crippen LogP contribution in [0.25, 0.3) is 28.4 Å². The van der Waals surface area contributed by atoms with Gasteiger partial charge in [-0.1, -0.05) is 0 Å². The minimum atomic E-state index is -1.00. The smallest absolute Gasteiger partial charge is 0.330 e. The van der Waals surface area contributed by atoms with Gasteiger partial charge in [-0.15, -0.1) is 5.10 Å². The molecule has 1 aliphatic heterocycles. The zero-order valence-electron chi connectivity index (χ0n) is 23.1. The van der Waals surface area contributed by atoms with Crippen LogP contribution < -0.4 is 21.1 Å². The van der Waals surface area contributed by atoms with Crippen LogP contribution in [-0.2, 0) is 13.6 Å². The molecule has 216 valence electrons. The molecule has 0 unspecified atom stereocenters. The number of ether oxygens (including phenoxy) is 1. The van der Waals surface area contributed by atoms with Gasteiger partial charge < -0.3 is 24.9 Å². The van der Waals surface area contributed by atoms with Crippen molar-refractivity contribution < 1.29 is 18.7 Å². The predicted octanol–water partition coefficient (Wildman–Crippen LogP) is 1.73. The van der Waals surface area contributed by atoms with Crippen molar-refractivity contribution in [2.75, 3.05) is 50.0 Å². The number of nitrogens with zero attached hydrogens (tertiary/aromatic N) is 8. The van der Waals surface area contributed by atoms with Gasteiger partial charge >= 0.3 is 5.69 Å². The molecule has 0 amide bonds. The summed E-state index contributed by atoms with van der Waals surface area (Å²) in [5.41, 5.74) is 6.89. The van der Waals surface area contributed by atoms with Crippen LogP contribution in [0.4, 0.5) is 16.0 Å². The first-order valence-corrected chi connectivity index (χ1v) is 13.4. The van der Waals surface area contributed by atoms with Crippen LogP contribution in [0.2, 0.25) is 0 Å². The van der Waals surface area contributed by atoms with E-state index in [1.165, 1.54) is 21.4 Å². The fourth-order valence-electron chi connectivity index (χ4n) is 5.05. The standard InChI is InChI=1S/C27H32FN9O4/c1-27(2,39)16-41-17-6-7-19(18(28)15-17)35-11-8-34(9-12-35)10-13-36-23-21(33(3)26(36)38)24-30-22(20-5-4-14-40-20)32-37(24)25(29)31-23/h4-7,14-15,39H,8-13,16H2,1-3H3,(H2,29,31). The summed E-state index contributed by atoms with van der Waals surface area (Å²) < 4.78 is 30.3. The Morgan fingerprint density at radius 2 is 1.90 bits per heavy atom. The second-order valence-electron chi connectivity index (χ2n) is 10.8. The summed E-state index contributed by atoms with van der Waals surface area (Å²) in [6.45, 7) is 7.01. The molecule has 0 atom stereocenters. The molecule has 0 aliphatic carbocycles. The number of nitrogen functional groups attached to an aromatic ring is 1. The molecule has 5 heterocycles. The maximum atomic E-state index is 14.9. The zero-order valence-corrected chi connectivity index (χ0v) is 23.1. The lowest BCUT2D eigenvalue weighted by Crippen LogP contribution is -2.47. The van der Waals surface area contributed by atoms with Gasteiger partial charge in [0.05, 0.1) is 17.6 Å². The SMILES string of the molecule is Cn1c(=O)n(CCN2CCN(c3ccc(OCC(C)(C)O)cc3F)CC2)c2nc(N)n3nc(-c4ccco4)nc3c21. The Kier molecular flexibility index (Phi) is 6.66. The predicted molar refractivity (Wildman–Crippen MR) is 150 cm³/mol. The molecule has 1 saturated heterocycles. The van der Waals surface area contributed by atoms with E-state index in [2.05, 4.69) is 20.0 Å². The molecule has 0 bridgehead atoms. The number of halogens is 1. The number of anilines is 2. The molecular formula is C27H32FN9O4. The lowest BCUT2D eigenvalue weighted by Gasteiger charge is -2.36. The molecule has 1 aromatic carbocycles. The number of rotatable bonds is 8. The van der Waals surface area contributed by atoms with E-state index in [4.69, 9.17) is 14.9 Å². The number of imidazole rings is 1. The van der Waals surface area contributed by atoms with Crippen molar-refractivity contribution in [2.45, 2.75) is 26.0 Å². The monoisotopic (exact) mass is 565 g/mol. The molecule has 6 rings (SSSR count). The molecule has 5 aromatic rings. The first kappa shape index (κ1) is 26.8. The van der Waals surface area contributed by atoms with Gasteiger partial charge in [-0.25, -0.2) is 14.2 Å². The Morgan fingerprint density at radius 1 is 1.12 bits per heavy atom. The first-order chi connectivity index (χ1) is 19.6. The topological polar surface area (TPSA) is 145 Å². The van der Waals surface area contributed by atoms with Gasteiger partial charge in [-0.3, -0.25) is 14.0 Å². The maximum absolute atomic E-state index is 14.9. The molecule has 3 N–H and O–H groups in total. The number of furan rings is 1. The molecule has 1 fully saturated rings. The van der Waals surface area contributed by atoms with E-state index < -0.39 is 5.60 Å². The maximum Gasteiger partial charge on any atom is 0.330 e. The highest BCUT2D eigenvalue weighted by molar-refractivity contribution is 5.88. The van der Waals surface area contributed by atoms with E-state index >= 15 is 0 Å². The van der Waals surface area contributed by atoms with Crippen molar-refractivity contribution in [1.82, 2.24) is 33.6 Å². The fraction of sp³-hybridized carbons (Fsp3) is 0.407. The number of fused-ring (bicyclic) bond motifs is 3. The third-order valence-electron chi connectivity index (χ3n) is 7.18. The van der Waals surface area contributed by atoms with E-state index in [1.807, 2.05) is 4.90 Å². The minimum Gasteiger partial charge on any atom is -0.491 e. The van der Waals surface area contributed by atoms with Crippen LogP contribution >= 0.6 is 0 Å². The lowest BCUT2D eigenvalue weighted by atomic mass is 10.1. The van der Waals surface area contributed by atoms with Crippen molar-refractivity contribution >= 4 is 28.4 Å². The van der Waals surface area contributed by atoms with Crippen molar-refractivity contribution in [3.8, 4) is 17.3 Å². The third-order valence-corrected chi connectivity index (χ3v) is 7.18. The Morgan fingerprint density at radius 3 is 2.59 bits per heavy atom. The summed E-state index contributed by atoms with van der Waals surface area (Å²) in [6.07, 6.45) is 1.53. The second-order valence-corrected chi connectivity index (χ2v) is 10.8. The number of benzene rings is 1. The van der Waals surface area contributed by atoms with Gasteiger partial charge in [-0.05, 0) is 38.1 Å². The van der Waals surface area contributed by atoms with Gasteiger partial charge in [0.25, 0.3) is 0 Å². The van der Waals surface area contributed by atoms with Crippen molar-refractivity contribution in [2.24, 2.45) is 7.05 Å². The van der Waals surface area contributed by atoms with Crippen LogP contribution in [0, 0.1) is 5.82 Å². The molecule has 0 radical (unpaired) electrons. The molecule has 0 spiro atoms. The first-order valence-electron chi connectivity index (χ1n) is 13.4. The van der Waals surface area contributed by atoms with Crippen LogP contribution in [-0.4, -0.2) is 83.7 Å². The third kappa shape index (κ3) is 5.11. The number of piperazine rings is 1. The lowest BCUT2D eigenvalue weighted by molar-refractivity contribution is 0.0284. The highest BCUT2D eigenvalue weighted by atomic mass is 19.1. The molecule has 13 nitrogen and oxygen atoms in total. The van der Waals surface area contributed by atoms with Gasteiger partial charge in [-0.2, -0.15) is 9.50 Å². The Bertz CT molecular complexity index is 1760. The van der Waals surface area contributed by atoms with Crippen molar-refractivity contribution in [3.63, 3.8) is 0 Å². The number of aryl methyl sites for hydroxylation is 1. The van der Waals surface area contributed by atoms with E-state index in [0.29, 0.717) is 79.1 Å². The van der Waals surface area contributed by atoms with Crippen LogP contribution in [0.15, 0.2) is 45.8 Å². The van der Waals surface area contributed by atoms with Gasteiger partial charge in [0, 0.05) is 52.4 Å². The summed E-state index contributed by atoms with van der Waals surface area (Å²) in [5.74, 6) is 0.959. The summed E-state index contributed by atoms with van der Waals surface area (Å²) in [7, 11) is 1.68. The summed E-state index contributed by atoms with van der Waals surface area (Å²) in [6, 6.07) is 8.26. The van der Waals surface area contributed by atoms with Gasteiger partial charge in [0.1, 0.15) is 23.7 Å². The average Bonchev–Trinajstić information content (AvgIpc) is 3.67. The summed E-state index contributed by atoms with van der Waals surface area (Å²) >= 11 is 0. The summed E-state index contributed by atoms with van der Waals surface area (Å²) in [5, 5.41) is 14.2. The Labute approximate surface area is 234 Å². The fourth-order valence-corrected chi connectivity index (χ4v) is 5.05. The van der Waals surface area contributed by atoms with Crippen molar-refractivity contribution in [1.29, 1.82) is 0 Å². The zero-order chi connectivity index (χ0) is 28.9.